The second-order valence-corrected chi connectivity index (χ2v) is 6.27. The van der Waals surface area contributed by atoms with Gasteiger partial charge in [0, 0.05) is 22.2 Å². The largest absolute Gasteiger partial charge is 0.361 e. The van der Waals surface area contributed by atoms with Crippen LogP contribution in [0.3, 0.4) is 0 Å². The summed E-state index contributed by atoms with van der Waals surface area (Å²) in [5, 5.41) is 6.15. The molecule has 1 aromatic carbocycles. The molecule has 0 aliphatic heterocycles. The number of halogens is 1. The van der Waals surface area contributed by atoms with Crippen molar-refractivity contribution >= 4 is 45.8 Å². The van der Waals surface area contributed by atoms with Crippen molar-refractivity contribution in [1.82, 2.24) is 15.5 Å². The van der Waals surface area contributed by atoms with E-state index < -0.39 is 0 Å². The highest BCUT2D eigenvalue weighted by molar-refractivity contribution is 14.1. The molecule has 0 bridgehead atoms. The fraction of sp³-hybridized carbons (Fsp3) is 0.467. The molecule has 21 heavy (non-hydrogen) atoms. The molecular formula is C15H22IN3OS. The Labute approximate surface area is 145 Å². The third-order valence-corrected chi connectivity index (χ3v) is 4.68. The number of rotatable bonds is 6. The van der Waals surface area contributed by atoms with Crippen LogP contribution in [0.15, 0.2) is 18.2 Å². The van der Waals surface area contributed by atoms with Crippen LogP contribution in [0.25, 0.3) is 0 Å². The van der Waals surface area contributed by atoms with Crippen LogP contribution in [-0.4, -0.2) is 42.1 Å². The van der Waals surface area contributed by atoms with Crippen LogP contribution in [0.1, 0.15) is 29.8 Å². The number of benzene rings is 1. The van der Waals surface area contributed by atoms with E-state index in [0.717, 1.165) is 35.3 Å². The van der Waals surface area contributed by atoms with Crippen LogP contribution in [-0.2, 0) is 0 Å². The Hall–Kier alpha value is -0.730. The minimum absolute atomic E-state index is 0.173. The standard InChI is InChI=1S/C15H22IN3OS/c1-4-19(5-2)9-8-17-15(21)18-14(20)12-7-6-11(3)13(16)10-12/h6-7,10H,4-5,8-9H2,1-3H3,(H2,17,18,20,21). The number of amides is 1. The molecular weight excluding hydrogens is 397 g/mol. The highest BCUT2D eigenvalue weighted by Gasteiger charge is 2.09. The van der Waals surface area contributed by atoms with Crippen molar-refractivity contribution in [1.29, 1.82) is 0 Å². The van der Waals surface area contributed by atoms with Crippen LogP contribution in [0.5, 0.6) is 0 Å². The molecule has 2 N–H and O–H groups in total. The number of carbonyl (C=O) groups excluding carboxylic acids is 1. The van der Waals surface area contributed by atoms with Gasteiger partial charge in [-0.15, -0.1) is 0 Å². The van der Waals surface area contributed by atoms with Crippen LogP contribution in [0.2, 0.25) is 0 Å². The maximum absolute atomic E-state index is 12.1. The first-order valence-corrected chi connectivity index (χ1v) is 8.54. The van der Waals surface area contributed by atoms with Crippen molar-refractivity contribution in [3.05, 3.63) is 32.9 Å². The summed E-state index contributed by atoms with van der Waals surface area (Å²) in [4.78, 5) is 14.4. The molecule has 0 aromatic heterocycles. The van der Waals surface area contributed by atoms with Gasteiger partial charge in [0.15, 0.2) is 5.11 Å². The van der Waals surface area contributed by atoms with E-state index in [0.29, 0.717) is 10.7 Å². The Kier molecular flexibility index (Phi) is 8.13. The summed E-state index contributed by atoms with van der Waals surface area (Å²) in [5.74, 6) is -0.173. The lowest BCUT2D eigenvalue weighted by Gasteiger charge is -2.18. The van der Waals surface area contributed by atoms with Gasteiger partial charge in [0.2, 0.25) is 0 Å². The number of thiocarbonyl (C=S) groups is 1. The summed E-state index contributed by atoms with van der Waals surface area (Å²) in [6.07, 6.45) is 0. The average molecular weight is 419 g/mol. The number of hydrogen-bond acceptors (Lipinski definition) is 3. The minimum atomic E-state index is -0.173. The van der Waals surface area contributed by atoms with Crippen molar-refractivity contribution in [2.24, 2.45) is 0 Å². The van der Waals surface area contributed by atoms with Gasteiger partial charge in [-0.25, -0.2) is 0 Å². The number of nitrogens with one attached hydrogen (secondary N) is 2. The smallest absolute Gasteiger partial charge is 0.257 e. The zero-order valence-corrected chi connectivity index (χ0v) is 15.7. The van der Waals surface area contributed by atoms with E-state index in [4.69, 9.17) is 12.2 Å². The van der Waals surface area contributed by atoms with Crippen molar-refractivity contribution in [2.45, 2.75) is 20.8 Å². The number of nitrogens with zero attached hydrogens (tertiary/aromatic N) is 1. The molecule has 0 saturated heterocycles. The lowest BCUT2D eigenvalue weighted by molar-refractivity contribution is 0.0976. The number of hydrogen-bond donors (Lipinski definition) is 2. The van der Waals surface area contributed by atoms with E-state index in [9.17, 15) is 4.79 Å². The monoisotopic (exact) mass is 419 g/mol. The first kappa shape index (κ1) is 18.3. The molecule has 0 heterocycles. The summed E-state index contributed by atoms with van der Waals surface area (Å²) >= 11 is 7.37. The Morgan fingerprint density at radius 1 is 1.33 bits per heavy atom. The van der Waals surface area contributed by atoms with Crippen molar-refractivity contribution < 1.29 is 4.79 Å². The molecule has 0 atom stereocenters. The summed E-state index contributed by atoms with van der Waals surface area (Å²) in [7, 11) is 0. The molecule has 0 radical (unpaired) electrons. The fourth-order valence-electron chi connectivity index (χ4n) is 1.82. The van der Waals surface area contributed by atoms with Gasteiger partial charge < -0.3 is 10.2 Å². The van der Waals surface area contributed by atoms with E-state index in [1.165, 1.54) is 0 Å². The highest BCUT2D eigenvalue weighted by atomic mass is 127. The highest BCUT2D eigenvalue weighted by Crippen LogP contribution is 2.13. The Bertz CT molecular complexity index is 504. The van der Waals surface area contributed by atoms with Crippen molar-refractivity contribution in [3.8, 4) is 0 Å². The van der Waals surface area contributed by atoms with E-state index in [1.807, 2.05) is 25.1 Å². The summed E-state index contributed by atoms with van der Waals surface area (Å²) < 4.78 is 1.07. The summed E-state index contributed by atoms with van der Waals surface area (Å²) in [5.41, 5.74) is 1.78. The summed E-state index contributed by atoms with van der Waals surface area (Å²) in [6, 6.07) is 5.61. The molecule has 116 valence electrons. The van der Waals surface area contributed by atoms with Gasteiger partial charge in [0.25, 0.3) is 5.91 Å². The Balaban J connectivity index is 2.43. The molecule has 1 amide bonds. The van der Waals surface area contributed by atoms with Crippen LogP contribution in [0.4, 0.5) is 0 Å². The minimum Gasteiger partial charge on any atom is -0.361 e. The SMILES string of the molecule is CCN(CC)CCNC(=S)NC(=O)c1ccc(C)c(I)c1. The molecule has 0 aliphatic rings. The number of likely N-dealkylation sites (N-methyl/N-ethyl adjacent to an activating group) is 1. The predicted octanol–water partition coefficient (Wildman–Crippen LogP) is 2.55. The lowest BCUT2D eigenvalue weighted by atomic mass is 10.1. The zero-order valence-electron chi connectivity index (χ0n) is 12.7. The van der Waals surface area contributed by atoms with Gasteiger partial charge >= 0.3 is 0 Å². The molecule has 0 saturated carbocycles. The Morgan fingerprint density at radius 3 is 2.57 bits per heavy atom. The third-order valence-electron chi connectivity index (χ3n) is 3.27. The van der Waals surface area contributed by atoms with Gasteiger partial charge in [0.05, 0.1) is 0 Å². The van der Waals surface area contributed by atoms with Crippen LogP contribution >= 0.6 is 34.8 Å². The van der Waals surface area contributed by atoms with Gasteiger partial charge in [-0.05, 0) is 72.5 Å². The van der Waals surface area contributed by atoms with Crippen LogP contribution < -0.4 is 10.6 Å². The van der Waals surface area contributed by atoms with E-state index in [-0.39, 0.29) is 5.91 Å². The molecule has 4 nitrogen and oxygen atoms in total. The predicted molar refractivity (Wildman–Crippen MR) is 99.8 cm³/mol. The second kappa shape index (κ2) is 9.32. The van der Waals surface area contributed by atoms with E-state index in [1.54, 1.807) is 0 Å². The van der Waals surface area contributed by atoms with Crippen LogP contribution in [0, 0.1) is 10.5 Å². The maximum atomic E-state index is 12.1. The maximum Gasteiger partial charge on any atom is 0.257 e. The molecule has 1 aromatic rings. The number of aryl methyl sites for hydroxylation is 1. The van der Waals surface area contributed by atoms with Crippen molar-refractivity contribution in [2.75, 3.05) is 26.2 Å². The van der Waals surface area contributed by atoms with Gasteiger partial charge in [0.1, 0.15) is 0 Å². The van der Waals surface area contributed by atoms with Gasteiger partial charge in [-0.3, -0.25) is 10.1 Å². The zero-order chi connectivity index (χ0) is 15.8. The topological polar surface area (TPSA) is 44.4 Å². The van der Waals surface area contributed by atoms with E-state index >= 15 is 0 Å². The number of carbonyl (C=O) groups is 1. The van der Waals surface area contributed by atoms with E-state index in [2.05, 4.69) is 52.0 Å². The second-order valence-electron chi connectivity index (χ2n) is 4.70. The summed E-state index contributed by atoms with van der Waals surface area (Å²) in [6.45, 7) is 9.93. The molecule has 0 unspecified atom stereocenters. The average Bonchev–Trinajstić information content (AvgIpc) is 2.46. The fourth-order valence-corrected chi connectivity index (χ4v) is 2.53. The normalized spacial score (nSPS) is 10.5. The molecule has 6 heteroatoms. The van der Waals surface area contributed by atoms with Gasteiger partial charge in [-0.1, -0.05) is 19.9 Å². The lowest BCUT2D eigenvalue weighted by Crippen LogP contribution is -2.42. The van der Waals surface area contributed by atoms with Gasteiger partial charge in [-0.2, -0.15) is 0 Å². The molecule has 0 fully saturated rings. The molecule has 0 aliphatic carbocycles. The first-order valence-electron chi connectivity index (χ1n) is 7.05. The molecule has 0 spiro atoms. The molecule has 1 rings (SSSR count). The first-order chi connectivity index (χ1) is 9.97. The van der Waals surface area contributed by atoms with Crippen molar-refractivity contribution in [3.63, 3.8) is 0 Å². The Morgan fingerprint density at radius 2 is 2.00 bits per heavy atom. The third kappa shape index (κ3) is 6.27. The quantitative estimate of drug-likeness (QED) is 0.550.